The van der Waals surface area contributed by atoms with Crippen molar-refractivity contribution in [2.45, 2.75) is 11.3 Å². The Labute approximate surface area is 134 Å². The number of H-pyrrole nitrogens is 1. The van der Waals surface area contributed by atoms with Gasteiger partial charge in [-0.25, -0.2) is 14.8 Å². The van der Waals surface area contributed by atoms with Gasteiger partial charge in [-0.05, 0) is 17.7 Å². The molecule has 0 fully saturated rings. The maximum absolute atomic E-state index is 11.5. The molecule has 0 atom stereocenters. The zero-order chi connectivity index (χ0) is 16.0. The molecule has 1 aromatic carbocycles. The molecule has 0 amide bonds. The van der Waals surface area contributed by atoms with Gasteiger partial charge in [0, 0.05) is 23.2 Å². The first-order valence-electron chi connectivity index (χ1n) is 6.78. The first-order valence-corrected chi connectivity index (χ1v) is 7.59. The Morgan fingerprint density at radius 3 is 3.04 bits per heavy atom. The maximum Gasteiger partial charge on any atom is 0.338 e. The lowest BCUT2D eigenvalue weighted by Gasteiger charge is -2.08. The van der Waals surface area contributed by atoms with Gasteiger partial charge in [0.2, 0.25) is 0 Å². The number of aromatic nitrogens is 3. The number of rotatable bonds is 3. The fraction of sp³-hybridized carbons (Fsp3) is 0.0667. The van der Waals surface area contributed by atoms with Crippen molar-refractivity contribution in [1.82, 2.24) is 15.0 Å². The molecule has 114 valence electrons. The monoisotopic (exact) mass is 326 g/mol. The maximum atomic E-state index is 11.5. The van der Waals surface area contributed by atoms with Crippen LogP contribution in [0.3, 0.4) is 0 Å². The summed E-state index contributed by atoms with van der Waals surface area (Å²) in [5.74, 6) is -0.646. The highest BCUT2D eigenvalue weighted by molar-refractivity contribution is 8.14. The van der Waals surface area contributed by atoms with E-state index >= 15 is 0 Å². The number of nitrogens with one attached hydrogen (secondary N) is 2. The molecule has 3 heterocycles. The minimum atomic E-state index is -1.05. The molecule has 4 rings (SSSR count). The molecule has 3 aromatic rings. The molecule has 0 saturated heterocycles. The van der Waals surface area contributed by atoms with Crippen LogP contribution in [0.15, 0.2) is 35.6 Å². The number of fused-ring (bicyclic) bond motifs is 2. The zero-order valence-electron chi connectivity index (χ0n) is 11.7. The highest BCUT2D eigenvalue weighted by Gasteiger charge is 2.20. The molecule has 1 aliphatic heterocycles. The van der Waals surface area contributed by atoms with Crippen LogP contribution in [0.1, 0.15) is 15.9 Å². The van der Waals surface area contributed by atoms with Gasteiger partial charge in [-0.3, -0.25) is 4.79 Å². The van der Waals surface area contributed by atoms with Crippen LogP contribution in [0.25, 0.3) is 11.0 Å². The summed E-state index contributed by atoms with van der Waals surface area (Å²) in [6.07, 6.45) is 3.20. The second kappa shape index (κ2) is 5.10. The summed E-state index contributed by atoms with van der Waals surface area (Å²) in [5, 5.41) is 12.9. The van der Waals surface area contributed by atoms with Crippen LogP contribution in [0.5, 0.6) is 0 Å². The molecular weight excluding hydrogens is 316 g/mol. The van der Waals surface area contributed by atoms with E-state index in [0.717, 1.165) is 16.1 Å². The van der Waals surface area contributed by atoms with Gasteiger partial charge in [0.15, 0.2) is 5.12 Å². The number of aromatic carboxylic acids is 1. The number of thioether (sulfide) groups is 1. The number of carboxylic acid groups (broad SMARTS) is 1. The number of anilines is 2. The summed E-state index contributed by atoms with van der Waals surface area (Å²) in [6.45, 7) is 0. The average molecular weight is 326 g/mol. The van der Waals surface area contributed by atoms with E-state index in [1.807, 2.05) is 18.2 Å². The molecule has 0 saturated carbocycles. The smallest absolute Gasteiger partial charge is 0.338 e. The highest BCUT2D eigenvalue weighted by Crippen LogP contribution is 2.35. The Balaban J connectivity index is 1.76. The second-order valence-electron chi connectivity index (χ2n) is 5.05. The van der Waals surface area contributed by atoms with E-state index in [1.54, 1.807) is 0 Å². The predicted octanol–water partition coefficient (Wildman–Crippen LogP) is 2.57. The minimum absolute atomic E-state index is 0.105. The van der Waals surface area contributed by atoms with E-state index in [4.69, 9.17) is 0 Å². The molecular formula is C15H10N4O3S. The molecule has 0 bridgehead atoms. The van der Waals surface area contributed by atoms with Gasteiger partial charge in [0.05, 0.1) is 10.9 Å². The highest BCUT2D eigenvalue weighted by atomic mass is 32.2. The summed E-state index contributed by atoms with van der Waals surface area (Å²) in [7, 11) is 0. The minimum Gasteiger partial charge on any atom is -0.478 e. The van der Waals surface area contributed by atoms with Crippen LogP contribution in [0.4, 0.5) is 11.5 Å². The molecule has 0 unspecified atom stereocenters. The Morgan fingerprint density at radius 2 is 2.22 bits per heavy atom. The lowest BCUT2D eigenvalue weighted by Crippen LogP contribution is -2.00. The number of carboxylic acids is 1. The summed E-state index contributed by atoms with van der Waals surface area (Å²) in [4.78, 5) is 34.7. The van der Waals surface area contributed by atoms with Crippen LogP contribution >= 0.6 is 11.8 Å². The molecule has 23 heavy (non-hydrogen) atoms. The number of aromatic amines is 1. The molecule has 1 aliphatic rings. The Hall–Kier alpha value is -2.87. The number of carbonyl (C=O) groups excluding carboxylic acids is 1. The normalized spacial score (nSPS) is 13.3. The SMILES string of the molecule is O=C1Cc2ccc(Nc3ncnc4[nH]cc(C(=O)O)c34)cc2S1. The first-order chi connectivity index (χ1) is 11.1. The van der Waals surface area contributed by atoms with Crippen LogP contribution in [0.2, 0.25) is 0 Å². The van der Waals surface area contributed by atoms with Gasteiger partial charge in [0.25, 0.3) is 0 Å². The van der Waals surface area contributed by atoms with Crippen molar-refractivity contribution >= 4 is 45.4 Å². The van der Waals surface area contributed by atoms with E-state index in [9.17, 15) is 14.7 Å². The van der Waals surface area contributed by atoms with E-state index in [0.29, 0.717) is 23.3 Å². The third-order valence-electron chi connectivity index (χ3n) is 3.59. The lowest BCUT2D eigenvalue weighted by molar-refractivity contribution is -0.110. The topological polar surface area (TPSA) is 108 Å². The van der Waals surface area contributed by atoms with E-state index in [1.165, 1.54) is 24.3 Å². The van der Waals surface area contributed by atoms with Gasteiger partial charge in [-0.15, -0.1) is 0 Å². The van der Waals surface area contributed by atoms with Gasteiger partial charge in [-0.1, -0.05) is 17.8 Å². The summed E-state index contributed by atoms with van der Waals surface area (Å²) >= 11 is 1.22. The van der Waals surface area contributed by atoms with Gasteiger partial charge < -0.3 is 15.4 Å². The van der Waals surface area contributed by atoms with Crippen molar-refractivity contribution < 1.29 is 14.7 Å². The number of nitrogens with zero attached hydrogens (tertiary/aromatic N) is 2. The summed E-state index contributed by atoms with van der Waals surface area (Å²) < 4.78 is 0. The Morgan fingerprint density at radius 1 is 1.35 bits per heavy atom. The van der Waals surface area contributed by atoms with E-state index in [-0.39, 0.29) is 10.7 Å². The number of carbonyl (C=O) groups is 2. The predicted molar refractivity (Wildman–Crippen MR) is 85.1 cm³/mol. The van der Waals surface area contributed by atoms with Crippen molar-refractivity contribution in [3.63, 3.8) is 0 Å². The molecule has 7 nitrogen and oxygen atoms in total. The van der Waals surface area contributed by atoms with E-state index < -0.39 is 5.97 Å². The fourth-order valence-electron chi connectivity index (χ4n) is 2.55. The van der Waals surface area contributed by atoms with Crippen LogP contribution in [-0.2, 0) is 11.2 Å². The van der Waals surface area contributed by atoms with Crippen LogP contribution in [-0.4, -0.2) is 31.1 Å². The quantitative estimate of drug-likeness (QED) is 0.679. The van der Waals surface area contributed by atoms with Crippen molar-refractivity contribution in [1.29, 1.82) is 0 Å². The molecule has 2 aromatic heterocycles. The van der Waals surface area contributed by atoms with Crippen molar-refractivity contribution in [3.05, 3.63) is 41.9 Å². The van der Waals surface area contributed by atoms with Gasteiger partial charge >= 0.3 is 5.97 Å². The van der Waals surface area contributed by atoms with Crippen molar-refractivity contribution in [2.75, 3.05) is 5.32 Å². The fourth-order valence-corrected chi connectivity index (χ4v) is 3.48. The largest absolute Gasteiger partial charge is 0.478 e. The average Bonchev–Trinajstić information content (AvgIpc) is 3.09. The molecule has 0 spiro atoms. The first kappa shape index (κ1) is 13.8. The number of hydrogen-bond donors (Lipinski definition) is 3. The third kappa shape index (κ3) is 2.33. The third-order valence-corrected chi connectivity index (χ3v) is 4.56. The number of benzene rings is 1. The summed E-state index contributed by atoms with van der Waals surface area (Å²) in [6, 6.07) is 5.61. The standard InChI is InChI=1S/C15H10N4O3S/c20-11-3-7-1-2-8(4-10(7)23-11)19-14-12-9(15(21)22)5-16-13(12)17-6-18-14/h1-2,4-6H,3H2,(H,21,22)(H2,16,17,18,19). The molecule has 8 heteroatoms. The van der Waals surface area contributed by atoms with Crippen LogP contribution in [0, 0.1) is 0 Å². The van der Waals surface area contributed by atoms with E-state index in [2.05, 4.69) is 20.3 Å². The Bertz CT molecular complexity index is 967. The van der Waals surface area contributed by atoms with Crippen molar-refractivity contribution in [3.8, 4) is 0 Å². The Kier molecular flexibility index (Phi) is 3.05. The molecule has 3 N–H and O–H groups in total. The zero-order valence-corrected chi connectivity index (χ0v) is 12.5. The van der Waals surface area contributed by atoms with Gasteiger partial charge in [0.1, 0.15) is 17.8 Å². The lowest BCUT2D eigenvalue weighted by atomic mass is 10.1. The number of hydrogen-bond acceptors (Lipinski definition) is 6. The van der Waals surface area contributed by atoms with Crippen LogP contribution < -0.4 is 5.32 Å². The van der Waals surface area contributed by atoms with Crippen molar-refractivity contribution in [2.24, 2.45) is 0 Å². The summed E-state index contributed by atoms with van der Waals surface area (Å²) in [5.41, 5.74) is 2.30. The molecule has 0 radical (unpaired) electrons. The molecule has 0 aliphatic carbocycles. The van der Waals surface area contributed by atoms with Gasteiger partial charge in [-0.2, -0.15) is 0 Å². The second-order valence-corrected chi connectivity index (χ2v) is 6.15.